The molecule has 0 unspecified atom stereocenters. The normalized spacial score (nSPS) is 9.64. The van der Waals surface area contributed by atoms with Crippen LogP contribution in [0.4, 0.5) is 0 Å². The lowest BCUT2D eigenvalue weighted by Crippen LogP contribution is -2.16. The van der Waals surface area contributed by atoms with Gasteiger partial charge in [0.25, 0.3) is 0 Å². The second kappa shape index (κ2) is 12.3. The predicted molar refractivity (Wildman–Crippen MR) is 64.2 cm³/mol. The summed E-state index contributed by atoms with van der Waals surface area (Å²) in [5.74, 6) is 2.66. The van der Waals surface area contributed by atoms with E-state index in [0.29, 0.717) is 0 Å². The topological polar surface area (TPSA) is 12.0 Å². The molecule has 1 heteroatoms. The van der Waals surface area contributed by atoms with Crippen LogP contribution in [-0.2, 0) is 0 Å². The SMILES string of the molecule is C#CCCCCNCCCCCC=C. The Bertz CT molecular complexity index is 155. The highest BCUT2D eigenvalue weighted by atomic mass is 14.8. The Morgan fingerprint density at radius 2 is 1.79 bits per heavy atom. The lowest BCUT2D eigenvalue weighted by atomic mass is 10.2. The van der Waals surface area contributed by atoms with Gasteiger partial charge in [-0.2, -0.15) is 0 Å². The maximum absolute atomic E-state index is 5.16. The van der Waals surface area contributed by atoms with Gasteiger partial charge < -0.3 is 5.32 Å². The van der Waals surface area contributed by atoms with E-state index in [2.05, 4.69) is 17.8 Å². The van der Waals surface area contributed by atoms with Crippen molar-refractivity contribution in [3.63, 3.8) is 0 Å². The maximum atomic E-state index is 5.16. The number of rotatable bonds is 10. The number of unbranched alkanes of at least 4 members (excludes halogenated alkanes) is 5. The zero-order valence-electron chi connectivity index (χ0n) is 9.23. The Balaban J connectivity index is 2.85. The van der Waals surface area contributed by atoms with E-state index in [1.807, 2.05) is 6.08 Å². The molecule has 0 saturated carbocycles. The smallest absolute Gasteiger partial charge is 0.00865 e. The molecule has 0 fully saturated rings. The molecule has 1 N–H and O–H groups in total. The molecule has 80 valence electrons. The van der Waals surface area contributed by atoms with Gasteiger partial charge in [-0.25, -0.2) is 0 Å². The summed E-state index contributed by atoms with van der Waals surface area (Å²) in [6.45, 7) is 5.96. The minimum absolute atomic E-state index is 0.918. The summed E-state index contributed by atoms with van der Waals surface area (Å²) in [6, 6.07) is 0. The van der Waals surface area contributed by atoms with Gasteiger partial charge >= 0.3 is 0 Å². The Morgan fingerprint density at radius 3 is 2.43 bits per heavy atom. The molecule has 0 radical (unpaired) electrons. The minimum atomic E-state index is 0.918. The zero-order valence-corrected chi connectivity index (χ0v) is 9.23. The number of hydrogen-bond acceptors (Lipinski definition) is 1. The standard InChI is InChI=1S/C13H23N/c1-3-5-7-9-11-13-14-12-10-8-6-4-2/h2-3,14H,1,5-13H2. The first-order valence-corrected chi connectivity index (χ1v) is 5.67. The lowest BCUT2D eigenvalue weighted by Gasteiger charge is -2.03. The summed E-state index contributed by atoms with van der Waals surface area (Å²) < 4.78 is 0. The largest absolute Gasteiger partial charge is 0.317 e. The summed E-state index contributed by atoms with van der Waals surface area (Å²) in [5.41, 5.74) is 0. The Morgan fingerprint density at radius 1 is 1.07 bits per heavy atom. The van der Waals surface area contributed by atoms with Crippen molar-refractivity contribution in [2.45, 2.75) is 44.9 Å². The first-order chi connectivity index (χ1) is 6.91. The molecule has 1 nitrogen and oxygen atoms in total. The molecule has 0 rings (SSSR count). The summed E-state index contributed by atoms with van der Waals surface area (Å²) in [5, 5.41) is 3.43. The van der Waals surface area contributed by atoms with Gasteiger partial charge in [-0.3, -0.25) is 0 Å². The predicted octanol–water partition coefficient (Wildman–Crippen LogP) is 3.13. The molecule has 0 aliphatic rings. The molecule has 0 aliphatic carbocycles. The van der Waals surface area contributed by atoms with Crippen molar-refractivity contribution in [2.24, 2.45) is 0 Å². The summed E-state index contributed by atoms with van der Waals surface area (Å²) >= 11 is 0. The fourth-order valence-electron chi connectivity index (χ4n) is 1.32. The van der Waals surface area contributed by atoms with Gasteiger partial charge in [0, 0.05) is 6.42 Å². The molecular weight excluding hydrogens is 170 g/mol. The van der Waals surface area contributed by atoms with Crippen LogP contribution in [-0.4, -0.2) is 13.1 Å². The van der Waals surface area contributed by atoms with Gasteiger partial charge in [0.05, 0.1) is 0 Å². The molecule has 0 atom stereocenters. The molecule has 0 spiro atoms. The molecular formula is C13H23N. The number of nitrogens with one attached hydrogen (secondary N) is 1. The first kappa shape index (κ1) is 13.3. The van der Waals surface area contributed by atoms with E-state index in [1.54, 1.807) is 0 Å². The van der Waals surface area contributed by atoms with E-state index < -0.39 is 0 Å². The van der Waals surface area contributed by atoms with Gasteiger partial charge in [0.15, 0.2) is 0 Å². The van der Waals surface area contributed by atoms with Crippen LogP contribution in [0.2, 0.25) is 0 Å². The highest BCUT2D eigenvalue weighted by Crippen LogP contribution is 1.98. The van der Waals surface area contributed by atoms with Crippen LogP contribution in [0.1, 0.15) is 44.9 Å². The van der Waals surface area contributed by atoms with Crippen molar-refractivity contribution in [3.05, 3.63) is 12.7 Å². The van der Waals surface area contributed by atoms with E-state index in [9.17, 15) is 0 Å². The van der Waals surface area contributed by atoms with E-state index in [1.165, 1.54) is 25.7 Å². The molecule has 0 heterocycles. The Kier molecular flexibility index (Phi) is 11.6. The zero-order chi connectivity index (χ0) is 10.5. The molecule has 0 amide bonds. The molecule has 0 aromatic rings. The van der Waals surface area contributed by atoms with Crippen LogP contribution >= 0.6 is 0 Å². The average molecular weight is 193 g/mol. The lowest BCUT2D eigenvalue weighted by molar-refractivity contribution is 0.583. The van der Waals surface area contributed by atoms with Crippen molar-refractivity contribution in [3.8, 4) is 12.3 Å². The monoisotopic (exact) mass is 193 g/mol. The van der Waals surface area contributed by atoms with Crippen LogP contribution in [0.3, 0.4) is 0 Å². The van der Waals surface area contributed by atoms with E-state index in [0.717, 1.165) is 32.4 Å². The fourth-order valence-corrected chi connectivity index (χ4v) is 1.32. The van der Waals surface area contributed by atoms with Crippen LogP contribution in [0.15, 0.2) is 12.7 Å². The van der Waals surface area contributed by atoms with Gasteiger partial charge in [-0.1, -0.05) is 12.5 Å². The molecule has 0 saturated heterocycles. The minimum Gasteiger partial charge on any atom is -0.317 e. The van der Waals surface area contributed by atoms with Gasteiger partial charge in [0.1, 0.15) is 0 Å². The van der Waals surface area contributed by atoms with Crippen molar-refractivity contribution in [2.75, 3.05) is 13.1 Å². The average Bonchev–Trinajstić information content (AvgIpc) is 2.21. The Hall–Kier alpha value is -0.740. The number of allylic oxidation sites excluding steroid dienone is 1. The second-order valence-electron chi connectivity index (χ2n) is 3.55. The Labute approximate surface area is 89.0 Å². The van der Waals surface area contributed by atoms with Crippen molar-refractivity contribution in [1.29, 1.82) is 0 Å². The summed E-state index contributed by atoms with van der Waals surface area (Å²) in [7, 11) is 0. The molecule has 0 aromatic heterocycles. The van der Waals surface area contributed by atoms with E-state index in [4.69, 9.17) is 6.42 Å². The third-order valence-corrected chi connectivity index (χ3v) is 2.19. The number of hydrogen-bond donors (Lipinski definition) is 1. The molecule has 0 aromatic carbocycles. The summed E-state index contributed by atoms with van der Waals surface area (Å²) in [6.07, 6.45) is 15.5. The fraction of sp³-hybridized carbons (Fsp3) is 0.692. The first-order valence-electron chi connectivity index (χ1n) is 5.67. The summed E-state index contributed by atoms with van der Waals surface area (Å²) in [4.78, 5) is 0. The second-order valence-corrected chi connectivity index (χ2v) is 3.55. The molecule has 0 aliphatic heterocycles. The van der Waals surface area contributed by atoms with E-state index >= 15 is 0 Å². The van der Waals surface area contributed by atoms with Gasteiger partial charge in [-0.15, -0.1) is 18.9 Å². The maximum Gasteiger partial charge on any atom is 0.00865 e. The van der Waals surface area contributed by atoms with Crippen molar-refractivity contribution >= 4 is 0 Å². The third-order valence-electron chi connectivity index (χ3n) is 2.19. The van der Waals surface area contributed by atoms with Crippen LogP contribution in [0, 0.1) is 12.3 Å². The van der Waals surface area contributed by atoms with E-state index in [-0.39, 0.29) is 0 Å². The highest BCUT2D eigenvalue weighted by molar-refractivity contribution is 4.82. The van der Waals surface area contributed by atoms with Crippen LogP contribution in [0.25, 0.3) is 0 Å². The molecule has 0 bridgehead atoms. The van der Waals surface area contributed by atoms with Crippen molar-refractivity contribution < 1.29 is 0 Å². The highest BCUT2D eigenvalue weighted by Gasteiger charge is 1.89. The number of terminal acetylenes is 1. The van der Waals surface area contributed by atoms with Gasteiger partial charge in [-0.05, 0) is 45.2 Å². The molecule has 14 heavy (non-hydrogen) atoms. The van der Waals surface area contributed by atoms with Crippen molar-refractivity contribution in [1.82, 2.24) is 5.32 Å². The quantitative estimate of drug-likeness (QED) is 0.319. The van der Waals surface area contributed by atoms with Crippen LogP contribution in [0.5, 0.6) is 0 Å². The van der Waals surface area contributed by atoms with Crippen LogP contribution < -0.4 is 5.32 Å². The third kappa shape index (κ3) is 11.3. The van der Waals surface area contributed by atoms with Gasteiger partial charge in [0.2, 0.25) is 0 Å².